The largest absolute Gasteiger partial charge is 0.368 e. The third kappa shape index (κ3) is 1.62. The molecule has 6 nitrogen and oxygen atoms in total. The summed E-state index contributed by atoms with van der Waals surface area (Å²) < 4.78 is 0. The van der Waals surface area contributed by atoms with Gasteiger partial charge in [0.2, 0.25) is 5.95 Å². The summed E-state index contributed by atoms with van der Waals surface area (Å²) in [5.41, 5.74) is 9.59. The van der Waals surface area contributed by atoms with Crippen molar-refractivity contribution >= 4 is 28.8 Å². The van der Waals surface area contributed by atoms with Crippen molar-refractivity contribution in [2.24, 2.45) is 5.10 Å². The van der Waals surface area contributed by atoms with Crippen LogP contribution in [-0.2, 0) is 0 Å². The van der Waals surface area contributed by atoms with E-state index in [4.69, 9.17) is 5.73 Å². The first-order valence-electron chi connectivity index (χ1n) is 6.33. The lowest BCUT2D eigenvalue weighted by molar-refractivity contribution is 0.504. The number of nitrogens with two attached hydrogens (primary N) is 1. The van der Waals surface area contributed by atoms with Gasteiger partial charge in [0.25, 0.3) is 0 Å². The third-order valence-corrected chi connectivity index (χ3v) is 3.36. The standard InChI is InChI=1S/C14H12N6/c15-14-17-8-12-11(7-16-13(12)19-14)9-3-5-20-10(6-9)2-1-4-18-20/h2-8H,1H2,(H3,15,16,17,19). The van der Waals surface area contributed by atoms with Crippen LogP contribution in [0.3, 0.4) is 0 Å². The number of hydrogen-bond acceptors (Lipinski definition) is 5. The van der Waals surface area contributed by atoms with Crippen molar-refractivity contribution in [2.75, 3.05) is 5.73 Å². The van der Waals surface area contributed by atoms with Crippen LogP contribution in [-0.4, -0.2) is 26.2 Å². The van der Waals surface area contributed by atoms with E-state index in [9.17, 15) is 0 Å². The van der Waals surface area contributed by atoms with Crippen LogP contribution < -0.4 is 5.73 Å². The summed E-state index contributed by atoms with van der Waals surface area (Å²) in [5, 5.41) is 7.12. The Labute approximate surface area is 115 Å². The number of nitrogens with one attached hydrogen (secondary N) is 1. The van der Waals surface area contributed by atoms with Crippen LogP contribution in [0.4, 0.5) is 5.95 Å². The fourth-order valence-electron chi connectivity index (χ4n) is 2.40. The Bertz CT molecular complexity index is 808. The Morgan fingerprint density at radius 3 is 3.25 bits per heavy atom. The van der Waals surface area contributed by atoms with Crippen molar-refractivity contribution < 1.29 is 0 Å². The van der Waals surface area contributed by atoms with Crippen molar-refractivity contribution in [2.45, 2.75) is 6.42 Å². The molecule has 4 rings (SSSR count). The third-order valence-electron chi connectivity index (χ3n) is 3.36. The molecule has 20 heavy (non-hydrogen) atoms. The van der Waals surface area contributed by atoms with E-state index in [0.29, 0.717) is 0 Å². The molecular weight excluding hydrogens is 252 g/mol. The van der Waals surface area contributed by atoms with Crippen LogP contribution in [0.2, 0.25) is 0 Å². The maximum Gasteiger partial charge on any atom is 0.221 e. The van der Waals surface area contributed by atoms with E-state index >= 15 is 0 Å². The molecule has 0 saturated heterocycles. The van der Waals surface area contributed by atoms with Crippen LogP contribution in [0.15, 0.2) is 47.6 Å². The number of allylic oxidation sites excluding steroid dienone is 4. The van der Waals surface area contributed by atoms with Gasteiger partial charge >= 0.3 is 0 Å². The SMILES string of the molecule is Nc1ncc2c(C3=CC4=CCC=NN4C=C3)c[nH]c2n1. The average molecular weight is 264 g/mol. The normalized spacial score (nSPS) is 17.1. The van der Waals surface area contributed by atoms with Gasteiger partial charge in [0.1, 0.15) is 5.65 Å². The molecule has 0 atom stereocenters. The van der Waals surface area contributed by atoms with Crippen molar-refractivity contribution in [3.63, 3.8) is 0 Å². The predicted octanol–water partition coefficient (Wildman–Crippen LogP) is 2.03. The molecule has 0 amide bonds. The van der Waals surface area contributed by atoms with Gasteiger partial charge in [-0.15, -0.1) is 0 Å². The topological polar surface area (TPSA) is 83.2 Å². The first kappa shape index (κ1) is 11.0. The Kier molecular flexibility index (Phi) is 2.23. The van der Waals surface area contributed by atoms with Gasteiger partial charge < -0.3 is 10.7 Å². The molecule has 0 spiro atoms. The fourth-order valence-corrected chi connectivity index (χ4v) is 2.40. The van der Waals surface area contributed by atoms with Crippen LogP contribution in [0.1, 0.15) is 12.0 Å². The van der Waals surface area contributed by atoms with Gasteiger partial charge in [0, 0.05) is 42.2 Å². The highest BCUT2D eigenvalue weighted by Gasteiger charge is 2.15. The molecule has 2 aromatic rings. The van der Waals surface area contributed by atoms with E-state index in [1.807, 2.05) is 29.7 Å². The minimum Gasteiger partial charge on any atom is -0.368 e. The second-order valence-electron chi connectivity index (χ2n) is 4.62. The molecule has 98 valence electrons. The summed E-state index contributed by atoms with van der Waals surface area (Å²) in [6.45, 7) is 0. The number of fused-ring (bicyclic) bond motifs is 2. The number of H-pyrrole nitrogens is 1. The lowest BCUT2D eigenvalue weighted by Gasteiger charge is -2.22. The minimum atomic E-state index is 0.273. The molecule has 4 heterocycles. The number of nitrogens with zero attached hydrogens (tertiary/aromatic N) is 4. The molecule has 2 aliphatic rings. The van der Waals surface area contributed by atoms with Crippen molar-refractivity contribution in [1.82, 2.24) is 20.0 Å². The lowest BCUT2D eigenvalue weighted by Crippen LogP contribution is -2.14. The van der Waals surface area contributed by atoms with E-state index in [2.05, 4.69) is 32.2 Å². The number of aromatic amines is 1. The quantitative estimate of drug-likeness (QED) is 0.825. The molecular formula is C14H12N6. The van der Waals surface area contributed by atoms with Crippen molar-refractivity contribution in [3.8, 4) is 0 Å². The molecule has 0 fully saturated rings. The first-order valence-corrected chi connectivity index (χ1v) is 6.33. The van der Waals surface area contributed by atoms with Gasteiger partial charge in [-0.05, 0) is 17.7 Å². The summed E-state index contributed by atoms with van der Waals surface area (Å²) in [6.07, 6.45) is 14.6. The van der Waals surface area contributed by atoms with E-state index in [-0.39, 0.29) is 5.95 Å². The monoisotopic (exact) mass is 264 g/mol. The number of rotatable bonds is 1. The highest BCUT2D eigenvalue weighted by atomic mass is 15.4. The Morgan fingerprint density at radius 1 is 1.35 bits per heavy atom. The highest BCUT2D eigenvalue weighted by Crippen LogP contribution is 2.30. The molecule has 0 unspecified atom stereocenters. The molecule has 0 aromatic carbocycles. The zero-order chi connectivity index (χ0) is 13.5. The van der Waals surface area contributed by atoms with E-state index in [1.54, 1.807) is 6.20 Å². The molecule has 0 saturated carbocycles. The second-order valence-corrected chi connectivity index (χ2v) is 4.62. The van der Waals surface area contributed by atoms with Gasteiger partial charge in [-0.3, -0.25) is 0 Å². The van der Waals surface area contributed by atoms with Gasteiger partial charge in [-0.25, -0.2) is 9.99 Å². The van der Waals surface area contributed by atoms with Crippen LogP contribution >= 0.6 is 0 Å². The first-order chi connectivity index (χ1) is 9.81. The predicted molar refractivity (Wildman–Crippen MR) is 78.4 cm³/mol. The summed E-state index contributed by atoms with van der Waals surface area (Å²) in [7, 11) is 0. The summed E-state index contributed by atoms with van der Waals surface area (Å²) in [4.78, 5) is 11.4. The van der Waals surface area contributed by atoms with Crippen LogP contribution in [0.25, 0.3) is 16.6 Å². The van der Waals surface area contributed by atoms with Gasteiger partial charge in [0.15, 0.2) is 0 Å². The zero-order valence-electron chi connectivity index (χ0n) is 10.6. The number of hydrazone groups is 1. The van der Waals surface area contributed by atoms with Crippen LogP contribution in [0, 0.1) is 0 Å². The van der Waals surface area contributed by atoms with E-state index < -0.39 is 0 Å². The minimum absolute atomic E-state index is 0.273. The molecule has 2 aliphatic heterocycles. The number of nitrogen functional groups attached to an aromatic ring is 1. The maximum atomic E-state index is 5.60. The molecule has 6 heteroatoms. The van der Waals surface area contributed by atoms with Crippen LogP contribution in [0.5, 0.6) is 0 Å². The lowest BCUT2D eigenvalue weighted by atomic mass is 10.0. The van der Waals surface area contributed by atoms with E-state index in [1.165, 1.54) is 0 Å². The molecule has 0 aliphatic carbocycles. The van der Waals surface area contributed by atoms with Crippen molar-refractivity contribution in [1.29, 1.82) is 0 Å². The fraction of sp³-hybridized carbons (Fsp3) is 0.0714. The number of anilines is 1. The Hall–Kier alpha value is -2.89. The average Bonchev–Trinajstić information content (AvgIpc) is 2.89. The molecule has 3 N–H and O–H groups in total. The van der Waals surface area contributed by atoms with Crippen molar-refractivity contribution in [3.05, 3.63) is 48.1 Å². The molecule has 0 radical (unpaired) electrons. The number of hydrogen-bond donors (Lipinski definition) is 2. The van der Waals surface area contributed by atoms with E-state index in [0.717, 1.165) is 34.3 Å². The molecule has 2 aromatic heterocycles. The smallest absolute Gasteiger partial charge is 0.221 e. The zero-order valence-corrected chi connectivity index (χ0v) is 10.6. The van der Waals surface area contributed by atoms with Gasteiger partial charge in [-0.1, -0.05) is 6.08 Å². The summed E-state index contributed by atoms with van der Waals surface area (Å²) in [6, 6.07) is 0. The molecule has 0 bridgehead atoms. The maximum absolute atomic E-state index is 5.60. The van der Waals surface area contributed by atoms with Gasteiger partial charge in [-0.2, -0.15) is 10.1 Å². The summed E-state index contributed by atoms with van der Waals surface area (Å²) >= 11 is 0. The van der Waals surface area contributed by atoms with Gasteiger partial charge in [0.05, 0.1) is 5.70 Å². The Balaban J connectivity index is 1.82. The highest BCUT2D eigenvalue weighted by molar-refractivity contribution is 5.94. The second kappa shape index (κ2) is 4.06. The Morgan fingerprint density at radius 2 is 2.30 bits per heavy atom. The summed E-state index contributed by atoms with van der Waals surface area (Å²) in [5.74, 6) is 0.273. The number of aromatic nitrogens is 3.